The molecule has 1 fully saturated rings. The number of benzene rings is 2. The number of nitrogens with two attached hydrogens (primary N) is 1. The van der Waals surface area contributed by atoms with Crippen LogP contribution in [0, 0.1) is 6.92 Å². The van der Waals surface area contributed by atoms with E-state index in [1.165, 1.54) is 5.56 Å². The fourth-order valence-electron chi connectivity index (χ4n) is 4.19. The Labute approximate surface area is 167 Å². The lowest BCUT2D eigenvalue weighted by atomic mass is 9.78. The summed E-state index contributed by atoms with van der Waals surface area (Å²) in [6.07, 6.45) is 4.32. The molecule has 0 spiro atoms. The molecule has 2 aromatic carbocycles. The van der Waals surface area contributed by atoms with Crippen molar-refractivity contribution in [2.75, 3.05) is 14.1 Å². The number of hydrogen-bond donors (Lipinski definition) is 1. The van der Waals surface area contributed by atoms with Gasteiger partial charge in [-0.2, -0.15) is 0 Å². The molecule has 27 heavy (non-hydrogen) atoms. The minimum absolute atomic E-state index is 0.0791. The molecule has 1 saturated carbocycles. The Morgan fingerprint density at radius 1 is 1.07 bits per heavy atom. The highest BCUT2D eigenvalue weighted by Gasteiger charge is 2.25. The van der Waals surface area contributed by atoms with Crippen molar-refractivity contribution in [3.05, 3.63) is 69.2 Å². The first-order valence-electron chi connectivity index (χ1n) is 9.69. The second-order valence-corrected chi connectivity index (χ2v) is 8.44. The highest BCUT2D eigenvalue weighted by Crippen LogP contribution is 2.36. The number of halogens is 1. The molecule has 0 aromatic heterocycles. The number of nitrogens with zero attached hydrogens (tertiary/aromatic N) is 1. The second-order valence-electron chi connectivity index (χ2n) is 8.00. The molecule has 0 radical (unpaired) electrons. The third kappa shape index (κ3) is 4.60. The molecule has 0 atom stereocenters. The van der Waals surface area contributed by atoms with Crippen molar-refractivity contribution in [2.45, 2.75) is 51.1 Å². The van der Waals surface area contributed by atoms with E-state index in [1.54, 1.807) is 12.1 Å². The van der Waals surface area contributed by atoms with E-state index in [0.717, 1.165) is 48.9 Å². The fourth-order valence-corrected chi connectivity index (χ4v) is 4.32. The molecule has 1 aliphatic rings. The average Bonchev–Trinajstić information content (AvgIpc) is 2.63. The molecule has 1 aliphatic carbocycles. The maximum absolute atomic E-state index is 13.4. The molecule has 0 aliphatic heterocycles. The number of ketones is 1. The molecule has 2 aromatic rings. The summed E-state index contributed by atoms with van der Waals surface area (Å²) >= 11 is 6.00. The van der Waals surface area contributed by atoms with Gasteiger partial charge in [0.25, 0.3) is 0 Å². The number of carbonyl (C=O) groups is 1. The summed E-state index contributed by atoms with van der Waals surface area (Å²) in [4.78, 5) is 15.5. The maximum Gasteiger partial charge on any atom is 0.193 e. The van der Waals surface area contributed by atoms with Gasteiger partial charge in [0.05, 0.1) is 0 Å². The van der Waals surface area contributed by atoms with Crippen molar-refractivity contribution in [3.8, 4) is 0 Å². The zero-order valence-electron chi connectivity index (χ0n) is 16.5. The molecule has 3 nitrogen and oxygen atoms in total. The van der Waals surface area contributed by atoms with E-state index < -0.39 is 0 Å². The van der Waals surface area contributed by atoms with Gasteiger partial charge in [0.15, 0.2) is 5.78 Å². The van der Waals surface area contributed by atoms with Crippen LogP contribution in [-0.4, -0.2) is 30.8 Å². The summed E-state index contributed by atoms with van der Waals surface area (Å²) in [5.41, 5.74) is 11.1. The van der Waals surface area contributed by atoms with Crippen molar-refractivity contribution >= 4 is 17.4 Å². The Balaban J connectivity index is 2.03. The standard InChI is InChI=1S/C23H29ClN2O/c1-15-21(16-6-11-20(25)12-7-16)13-8-18(14-26(2)3)22(15)23(27)17-4-9-19(24)10-5-17/h4-5,8-10,13,16,20H,6-7,11-12,14,25H2,1-3H3. The predicted octanol–water partition coefficient (Wildman–Crippen LogP) is 4.93. The Morgan fingerprint density at radius 3 is 2.30 bits per heavy atom. The van der Waals surface area contributed by atoms with Gasteiger partial charge in [0.2, 0.25) is 0 Å². The van der Waals surface area contributed by atoms with Gasteiger partial charge in [-0.05, 0) is 93.6 Å². The summed E-state index contributed by atoms with van der Waals surface area (Å²) < 4.78 is 0. The van der Waals surface area contributed by atoms with Crippen LogP contribution in [0.2, 0.25) is 5.02 Å². The van der Waals surface area contributed by atoms with Gasteiger partial charge >= 0.3 is 0 Å². The lowest BCUT2D eigenvalue weighted by Gasteiger charge is -2.29. The lowest BCUT2D eigenvalue weighted by Crippen LogP contribution is -2.26. The van der Waals surface area contributed by atoms with Gasteiger partial charge in [-0.25, -0.2) is 0 Å². The van der Waals surface area contributed by atoms with Crippen molar-refractivity contribution in [1.29, 1.82) is 0 Å². The smallest absolute Gasteiger partial charge is 0.193 e. The first-order chi connectivity index (χ1) is 12.9. The van der Waals surface area contributed by atoms with E-state index in [-0.39, 0.29) is 5.78 Å². The summed E-state index contributed by atoms with van der Waals surface area (Å²) in [5.74, 6) is 0.574. The van der Waals surface area contributed by atoms with E-state index >= 15 is 0 Å². The van der Waals surface area contributed by atoms with E-state index in [1.807, 2.05) is 26.2 Å². The van der Waals surface area contributed by atoms with Crippen LogP contribution in [0.4, 0.5) is 0 Å². The van der Waals surface area contributed by atoms with E-state index in [4.69, 9.17) is 17.3 Å². The van der Waals surface area contributed by atoms with Crippen LogP contribution in [0.3, 0.4) is 0 Å². The highest BCUT2D eigenvalue weighted by atomic mass is 35.5. The first kappa shape index (κ1) is 20.1. The quantitative estimate of drug-likeness (QED) is 0.743. The van der Waals surface area contributed by atoms with Crippen molar-refractivity contribution < 1.29 is 4.79 Å². The lowest BCUT2D eigenvalue weighted by molar-refractivity contribution is 0.103. The minimum Gasteiger partial charge on any atom is -0.328 e. The van der Waals surface area contributed by atoms with Crippen LogP contribution < -0.4 is 5.73 Å². The molecule has 0 heterocycles. The minimum atomic E-state index is 0.0791. The van der Waals surface area contributed by atoms with Crippen molar-refractivity contribution in [2.24, 2.45) is 5.73 Å². The summed E-state index contributed by atoms with van der Waals surface area (Å²) in [6.45, 7) is 2.84. The normalized spacial score (nSPS) is 20.1. The first-order valence-corrected chi connectivity index (χ1v) is 10.1. The molecular weight excluding hydrogens is 356 g/mol. The molecular formula is C23H29ClN2O. The predicted molar refractivity (Wildman–Crippen MR) is 113 cm³/mol. The molecule has 4 heteroatoms. The largest absolute Gasteiger partial charge is 0.328 e. The Bertz CT molecular complexity index is 806. The fraction of sp³-hybridized carbons (Fsp3) is 0.435. The SMILES string of the molecule is Cc1c(C2CCC(N)CC2)ccc(CN(C)C)c1C(=O)c1ccc(Cl)cc1. The topological polar surface area (TPSA) is 46.3 Å². The van der Waals surface area contributed by atoms with Gasteiger partial charge in [-0.1, -0.05) is 23.7 Å². The van der Waals surface area contributed by atoms with Gasteiger partial charge in [0, 0.05) is 28.7 Å². The Kier molecular flexibility index (Phi) is 6.36. The molecule has 0 saturated heterocycles. The van der Waals surface area contributed by atoms with Crippen LogP contribution in [-0.2, 0) is 6.54 Å². The summed E-state index contributed by atoms with van der Waals surface area (Å²) in [6, 6.07) is 11.9. The number of hydrogen-bond acceptors (Lipinski definition) is 3. The highest BCUT2D eigenvalue weighted by molar-refractivity contribution is 6.30. The van der Waals surface area contributed by atoms with Crippen LogP contribution in [0.15, 0.2) is 36.4 Å². The number of rotatable bonds is 5. The molecule has 3 rings (SSSR count). The zero-order chi connectivity index (χ0) is 19.6. The third-order valence-corrected chi connectivity index (χ3v) is 5.88. The molecule has 0 amide bonds. The van der Waals surface area contributed by atoms with E-state index in [2.05, 4.69) is 24.0 Å². The van der Waals surface area contributed by atoms with Crippen molar-refractivity contribution in [1.82, 2.24) is 4.90 Å². The Morgan fingerprint density at radius 2 is 1.70 bits per heavy atom. The monoisotopic (exact) mass is 384 g/mol. The van der Waals surface area contributed by atoms with Gasteiger partial charge in [-0.15, -0.1) is 0 Å². The second kappa shape index (κ2) is 8.55. The maximum atomic E-state index is 13.4. The molecule has 0 bridgehead atoms. The van der Waals surface area contributed by atoms with E-state index in [9.17, 15) is 4.79 Å². The van der Waals surface area contributed by atoms with Crippen LogP contribution >= 0.6 is 11.6 Å². The number of carbonyl (C=O) groups excluding carboxylic acids is 1. The van der Waals surface area contributed by atoms with E-state index in [0.29, 0.717) is 22.5 Å². The molecule has 0 unspecified atom stereocenters. The zero-order valence-corrected chi connectivity index (χ0v) is 17.2. The van der Waals surface area contributed by atoms with Crippen molar-refractivity contribution in [3.63, 3.8) is 0 Å². The summed E-state index contributed by atoms with van der Waals surface area (Å²) in [5, 5.41) is 0.643. The van der Waals surface area contributed by atoms with Crippen LogP contribution in [0.25, 0.3) is 0 Å². The molecule has 2 N–H and O–H groups in total. The van der Waals surface area contributed by atoms with Gasteiger partial charge in [0.1, 0.15) is 0 Å². The Hall–Kier alpha value is -1.68. The van der Waals surface area contributed by atoms with Gasteiger partial charge < -0.3 is 10.6 Å². The van der Waals surface area contributed by atoms with Crippen LogP contribution in [0.5, 0.6) is 0 Å². The summed E-state index contributed by atoms with van der Waals surface area (Å²) in [7, 11) is 4.06. The average molecular weight is 385 g/mol. The van der Waals surface area contributed by atoms with Gasteiger partial charge in [-0.3, -0.25) is 4.79 Å². The van der Waals surface area contributed by atoms with Crippen LogP contribution in [0.1, 0.15) is 64.2 Å². The molecule has 144 valence electrons. The third-order valence-electron chi connectivity index (χ3n) is 5.62.